The zero-order valence-electron chi connectivity index (χ0n) is 16.0. The van der Waals surface area contributed by atoms with Crippen LogP contribution in [0.5, 0.6) is 0 Å². The average Bonchev–Trinajstić information content (AvgIpc) is 2.62. The summed E-state index contributed by atoms with van der Waals surface area (Å²) in [6.07, 6.45) is 0. The molecule has 8 heteroatoms. The van der Waals surface area contributed by atoms with E-state index in [0.29, 0.717) is 12.0 Å². The standard InChI is InChI=1S/C17H35N5O2.HI/c1-15(2)16(22-8-12-24-13-9-22)14-20-17(18-3)19-4-5-21-6-10-23-11-7-21;/h15-16H,4-14H2,1-3H3,(H2,18,19,20);1H. The maximum absolute atomic E-state index is 5.48. The van der Waals surface area contributed by atoms with Crippen LogP contribution in [0, 0.1) is 5.92 Å². The van der Waals surface area contributed by atoms with Crippen LogP contribution < -0.4 is 10.6 Å². The van der Waals surface area contributed by atoms with E-state index in [1.165, 1.54) is 0 Å². The molecule has 2 heterocycles. The third-order valence-electron chi connectivity index (χ3n) is 4.81. The lowest BCUT2D eigenvalue weighted by Crippen LogP contribution is -2.53. The van der Waals surface area contributed by atoms with Gasteiger partial charge in [0.05, 0.1) is 26.4 Å². The van der Waals surface area contributed by atoms with E-state index < -0.39 is 0 Å². The molecule has 0 bridgehead atoms. The van der Waals surface area contributed by atoms with Crippen LogP contribution in [0.3, 0.4) is 0 Å². The molecule has 2 saturated heterocycles. The van der Waals surface area contributed by atoms with Crippen LogP contribution in [0.1, 0.15) is 13.8 Å². The molecule has 2 aliphatic heterocycles. The largest absolute Gasteiger partial charge is 0.379 e. The summed E-state index contributed by atoms with van der Waals surface area (Å²) in [6, 6.07) is 0.506. The second-order valence-electron chi connectivity index (χ2n) is 6.79. The minimum atomic E-state index is 0. The predicted molar refractivity (Wildman–Crippen MR) is 113 cm³/mol. The fraction of sp³-hybridized carbons (Fsp3) is 0.941. The van der Waals surface area contributed by atoms with Gasteiger partial charge in [-0.3, -0.25) is 14.8 Å². The first-order valence-electron chi connectivity index (χ1n) is 9.27. The van der Waals surface area contributed by atoms with Gasteiger partial charge in [-0.2, -0.15) is 0 Å². The van der Waals surface area contributed by atoms with Crippen LogP contribution in [0.15, 0.2) is 4.99 Å². The Morgan fingerprint density at radius 1 is 1.00 bits per heavy atom. The highest BCUT2D eigenvalue weighted by atomic mass is 127. The van der Waals surface area contributed by atoms with Crippen LogP contribution in [0.2, 0.25) is 0 Å². The summed E-state index contributed by atoms with van der Waals surface area (Å²) in [5, 5.41) is 6.93. The van der Waals surface area contributed by atoms with Crippen molar-refractivity contribution in [1.82, 2.24) is 20.4 Å². The summed E-state index contributed by atoms with van der Waals surface area (Å²) < 4.78 is 10.9. The number of nitrogens with zero attached hydrogens (tertiary/aromatic N) is 3. The van der Waals surface area contributed by atoms with E-state index in [-0.39, 0.29) is 24.0 Å². The molecule has 0 aromatic rings. The summed E-state index contributed by atoms with van der Waals surface area (Å²) >= 11 is 0. The number of guanidine groups is 1. The molecule has 2 aliphatic rings. The lowest BCUT2D eigenvalue weighted by Gasteiger charge is -2.37. The third kappa shape index (κ3) is 8.38. The maximum Gasteiger partial charge on any atom is 0.191 e. The van der Waals surface area contributed by atoms with Crippen LogP contribution in [-0.4, -0.2) is 101 Å². The number of nitrogens with one attached hydrogen (secondary N) is 2. The third-order valence-corrected chi connectivity index (χ3v) is 4.81. The van der Waals surface area contributed by atoms with Crippen molar-refractivity contribution >= 4 is 29.9 Å². The lowest BCUT2D eigenvalue weighted by atomic mass is 10.0. The van der Waals surface area contributed by atoms with Gasteiger partial charge in [-0.15, -0.1) is 24.0 Å². The van der Waals surface area contributed by atoms with Crippen molar-refractivity contribution in [1.29, 1.82) is 0 Å². The van der Waals surface area contributed by atoms with Crippen molar-refractivity contribution in [2.45, 2.75) is 19.9 Å². The van der Waals surface area contributed by atoms with Crippen molar-refractivity contribution in [3.63, 3.8) is 0 Å². The molecule has 0 aromatic carbocycles. The molecule has 0 saturated carbocycles. The second-order valence-corrected chi connectivity index (χ2v) is 6.79. The summed E-state index contributed by atoms with van der Waals surface area (Å²) in [5.41, 5.74) is 0. The second kappa shape index (κ2) is 13.1. The Hall–Kier alpha value is -0.160. The smallest absolute Gasteiger partial charge is 0.191 e. The van der Waals surface area contributed by atoms with E-state index in [2.05, 4.69) is 39.3 Å². The summed E-state index contributed by atoms with van der Waals surface area (Å²) in [4.78, 5) is 9.31. The van der Waals surface area contributed by atoms with Crippen LogP contribution in [-0.2, 0) is 9.47 Å². The molecule has 0 aromatic heterocycles. The van der Waals surface area contributed by atoms with E-state index in [9.17, 15) is 0 Å². The molecule has 7 nitrogen and oxygen atoms in total. The van der Waals surface area contributed by atoms with Gasteiger partial charge in [0.2, 0.25) is 0 Å². The van der Waals surface area contributed by atoms with Crippen LogP contribution in [0.25, 0.3) is 0 Å². The van der Waals surface area contributed by atoms with E-state index in [1.807, 2.05) is 7.05 Å². The molecular formula is C17H36IN5O2. The van der Waals surface area contributed by atoms with Crippen molar-refractivity contribution in [3.8, 4) is 0 Å². The van der Waals surface area contributed by atoms with Crippen LogP contribution in [0.4, 0.5) is 0 Å². The molecule has 2 N–H and O–H groups in total. The minimum Gasteiger partial charge on any atom is -0.379 e. The number of ether oxygens (including phenoxy) is 2. The minimum absolute atomic E-state index is 0. The lowest BCUT2D eigenvalue weighted by molar-refractivity contribution is 0.00751. The Labute approximate surface area is 169 Å². The number of aliphatic imine (C=N–C) groups is 1. The summed E-state index contributed by atoms with van der Waals surface area (Å²) in [5.74, 6) is 1.49. The molecule has 25 heavy (non-hydrogen) atoms. The molecule has 0 radical (unpaired) electrons. The van der Waals surface area contributed by atoms with Gasteiger partial charge in [0.1, 0.15) is 0 Å². The number of rotatable bonds is 7. The van der Waals surface area contributed by atoms with Gasteiger partial charge in [-0.25, -0.2) is 0 Å². The highest BCUT2D eigenvalue weighted by molar-refractivity contribution is 14.0. The molecular weight excluding hydrogens is 433 g/mol. The van der Waals surface area contributed by atoms with Gasteiger partial charge in [0.15, 0.2) is 5.96 Å². The zero-order chi connectivity index (χ0) is 17.2. The quantitative estimate of drug-likeness (QED) is 0.321. The van der Waals surface area contributed by atoms with E-state index >= 15 is 0 Å². The highest BCUT2D eigenvalue weighted by Gasteiger charge is 2.23. The Bertz CT molecular complexity index is 372. The fourth-order valence-electron chi connectivity index (χ4n) is 3.27. The first kappa shape index (κ1) is 22.9. The van der Waals surface area contributed by atoms with E-state index in [1.54, 1.807) is 0 Å². The van der Waals surface area contributed by atoms with E-state index in [4.69, 9.17) is 9.47 Å². The number of hydrogen-bond acceptors (Lipinski definition) is 5. The molecule has 148 valence electrons. The van der Waals surface area contributed by atoms with Gasteiger partial charge in [0.25, 0.3) is 0 Å². The molecule has 2 fully saturated rings. The van der Waals surface area contributed by atoms with Crippen LogP contribution >= 0.6 is 24.0 Å². The van der Waals surface area contributed by atoms with Gasteiger partial charge in [-0.05, 0) is 5.92 Å². The SMILES string of the molecule is CN=C(NCCN1CCOCC1)NCC(C(C)C)N1CCOCC1.I. The highest BCUT2D eigenvalue weighted by Crippen LogP contribution is 2.12. The van der Waals surface area contributed by atoms with Crippen molar-refractivity contribution < 1.29 is 9.47 Å². The van der Waals surface area contributed by atoms with Crippen molar-refractivity contribution in [3.05, 3.63) is 0 Å². The normalized spacial score (nSPS) is 21.7. The summed E-state index contributed by atoms with van der Waals surface area (Å²) in [6.45, 7) is 14.9. The molecule has 1 unspecified atom stereocenters. The van der Waals surface area contributed by atoms with Gasteiger partial charge in [-0.1, -0.05) is 13.8 Å². The Kier molecular flexibility index (Phi) is 12.0. The average molecular weight is 469 g/mol. The first-order chi connectivity index (χ1) is 11.7. The Morgan fingerprint density at radius 2 is 1.60 bits per heavy atom. The van der Waals surface area contributed by atoms with Gasteiger partial charge < -0.3 is 20.1 Å². The first-order valence-corrected chi connectivity index (χ1v) is 9.27. The Balaban J connectivity index is 0.00000312. The van der Waals surface area contributed by atoms with Gasteiger partial charge in [0, 0.05) is 58.9 Å². The maximum atomic E-state index is 5.48. The molecule has 0 spiro atoms. The van der Waals surface area contributed by atoms with Crippen molar-refractivity contribution in [2.75, 3.05) is 79.3 Å². The molecule has 0 aliphatic carbocycles. The molecule has 1 atom stereocenters. The number of hydrogen-bond donors (Lipinski definition) is 2. The van der Waals surface area contributed by atoms with Crippen molar-refractivity contribution in [2.24, 2.45) is 10.9 Å². The predicted octanol–water partition coefficient (Wildman–Crippen LogP) is 0.458. The zero-order valence-corrected chi connectivity index (χ0v) is 18.3. The van der Waals surface area contributed by atoms with E-state index in [0.717, 1.165) is 78.2 Å². The number of morpholine rings is 2. The Morgan fingerprint density at radius 3 is 2.16 bits per heavy atom. The number of halogens is 1. The molecule has 0 amide bonds. The fourth-order valence-corrected chi connectivity index (χ4v) is 3.27. The summed E-state index contributed by atoms with van der Waals surface area (Å²) in [7, 11) is 1.84. The monoisotopic (exact) mass is 469 g/mol. The van der Waals surface area contributed by atoms with Gasteiger partial charge >= 0.3 is 0 Å². The molecule has 2 rings (SSSR count). The topological polar surface area (TPSA) is 61.4 Å².